The van der Waals surface area contributed by atoms with Crippen molar-refractivity contribution in [3.8, 4) is 5.75 Å². The molecule has 1 fully saturated rings. The van der Waals surface area contributed by atoms with Crippen molar-refractivity contribution in [2.24, 2.45) is 11.3 Å². The van der Waals surface area contributed by atoms with Gasteiger partial charge in [0.2, 0.25) is 0 Å². The molecule has 2 rings (SSSR count). The van der Waals surface area contributed by atoms with Gasteiger partial charge in [-0.05, 0) is 71.1 Å². The van der Waals surface area contributed by atoms with E-state index in [0.29, 0.717) is 17.6 Å². The van der Waals surface area contributed by atoms with E-state index in [1.165, 1.54) is 12.8 Å². The van der Waals surface area contributed by atoms with Crippen LogP contribution in [0.15, 0.2) is 35.3 Å². The smallest absolute Gasteiger partial charge is 0.251 e. The largest absolute Gasteiger partial charge is 0.488 e. The minimum Gasteiger partial charge on any atom is -0.488 e. The summed E-state index contributed by atoms with van der Waals surface area (Å²) in [5.74, 6) is 1.46. The van der Waals surface area contributed by atoms with Crippen LogP contribution in [0.25, 0.3) is 0 Å². The van der Waals surface area contributed by atoms with Crippen molar-refractivity contribution >= 4 is 21.8 Å². The number of ether oxygens (including phenoxy) is 1. The molecule has 0 unspecified atom stereocenters. The summed E-state index contributed by atoms with van der Waals surface area (Å²) < 4.78 is 6.30. The van der Waals surface area contributed by atoms with Gasteiger partial charge >= 0.3 is 0 Å². The molecule has 0 heterocycles. The van der Waals surface area contributed by atoms with E-state index in [9.17, 15) is 4.79 Å². The van der Waals surface area contributed by atoms with Gasteiger partial charge in [0.1, 0.15) is 12.4 Å². The highest BCUT2D eigenvalue weighted by Gasteiger charge is 2.30. The molecule has 0 aliphatic heterocycles. The number of nitrogens with one attached hydrogen (secondary N) is 1. The molecule has 4 heteroatoms. The van der Waals surface area contributed by atoms with Gasteiger partial charge in [0.05, 0.1) is 4.47 Å². The van der Waals surface area contributed by atoms with Crippen molar-refractivity contribution in [2.75, 3.05) is 6.61 Å². The Balaban J connectivity index is 1.91. The number of benzene rings is 1. The van der Waals surface area contributed by atoms with Gasteiger partial charge in [-0.25, -0.2) is 0 Å². The SMILES string of the molecule is C=CCOc1ccc(C(=O)NC2CCC(C(C)(C)C)CC2)cc1Br. The second kappa shape index (κ2) is 8.19. The van der Waals surface area contributed by atoms with Crippen LogP contribution in [0.2, 0.25) is 0 Å². The first kappa shape index (κ1) is 19.0. The summed E-state index contributed by atoms with van der Waals surface area (Å²) in [4.78, 5) is 12.5. The van der Waals surface area contributed by atoms with E-state index in [4.69, 9.17) is 4.74 Å². The predicted molar refractivity (Wildman–Crippen MR) is 103 cm³/mol. The van der Waals surface area contributed by atoms with E-state index in [0.717, 1.165) is 29.0 Å². The second-order valence-electron chi connectivity index (χ2n) is 7.63. The molecule has 3 nitrogen and oxygen atoms in total. The molecule has 1 aliphatic rings. The molecule has 0 spiro atoms. The molecule has 0 radical (unpaired) electrons. The van der Waals surface area contributed by atoms with Crippen LogP contribution in [-0.2, 0) is 0 Å². The lowest BCUT2D eigenvalue weighted by atomic mass is 9.71. The Labute approximate surface area is 154 Å². The number of amides is 1. The monoisotopic (exact) mass is 393 g/mol. The maximum atomic E-state index is 12.5. The molecule has 132 valence electrons. The lowest BCUT2D eigenvalue weighted by molar-refractivity contribution is 0.0904. The van der Waals surface area contributed by atoms with E-state index in [1.54, 1.807) is 12.1 Å². The number of rotatable bonds is 5. The Kier molecular flexibility index (Phi) is 6.50. The first-order valence-corrected chi connectivity index (χ1v) is 9.44. The van der Waals surface area contributed by atoms with Crippen LogP contribution < -0.4 is 10.1 Å². The maximum absolute atomic E-state index is 12.5. The van der Waals surface area contributed by atoms with Crippen LogP contribution in [0, 0.1) is 11.3 Å². The number of halogens is 1. The lowest BCUT2D eigenvalue weighted by Crippen LogP contribution is -2.39. The minimum atomic E-state index is -0.00909. The van der Waals surface area contributed by atoms with E-state index in [1.807, 2.05) is 12.1 Å². The minimum absolute atomic E-state index is 0.00909. The summed E-state index contributed by atoms with van der Waals surface area (Å²) in [7, 11) is 0. The highest BCUT2D eigenvalue weighted by atomic mass is 79.9. The van der Waals surface area contributed by atoms with Crippen LogP contribution in [-0.4, -0.2) is 18.6 Å². The second-order valence-corrected chi connectivity index (χ2v) is 8.49. The topological polar surface area (TPSA) is 38.3 Å². The van der Waals surface area contributed by atoms with Crippen molar-refractivity contribution < 1.29 is 9.53 Å². The highest BCUT2D eigenvalue weighted by Crippen LogP contribution is 2.37. The molecule has 1 aliphatic carbocycles. The maximum Gasteiger partial charge on any atom is 0.251 e. The summed E-state index contributed by atoms with van der Waals surface area (Å²) in [5.41, 5.74) is 1.02. The molecule has 0 aromatic heterocycles. The van der Waals surface area contributed by atoms with E-state index >= 15 is 0 Å². The summed E-state index contributed by atoms with van der Waals surface area (Å²) in [6.45, 7) is 11.0. The highest BCUT2D eigenvalue weighted by molar-refractivity contribution is 9.10. The third-order valence-electron chi connectivity index (χ3n) is 4.84. The third-order valence-corrected chi connectivity index (χ3v) is 5.46. The fourth-order valence-corrected chi connectivity index (χ4v) is 3.77. The van der Waals surface area contributed by atoms with Gasteiger partial charge in [0, 0.05) is 11.6 Å². The van der Waals surface area contributed by atoms with Gasteiger partial charge in [-0.15, -0.1) is 0 Å². The van der Waals surface area contributed by atoms with Crippen LogP contribution in [0.5, 0.6) is 5.75 Å². The van der Waals surface area contributed by atoms with Gasteiger partial charge in [0.25, 0.3) is 5.91 Å². The van der Waals surface area contributed by atoms with Crippen LogP contribution in [0.1, 0.15) is 56.8 Å². The molecule has 24 heavy (non-hydrogen) atoms. The summed E-state index contributed by atoms with van der Waals surface area (Å²) in [5, 5.41) is 3.18. The van der Waals surface area contributed by atoms with Gasteiger partial charge in [-0.1, -0.05) is 33.4 Å². The normalized spacial score (nSPS) is 21.2. The Morgan fingerprint density at radius 3 is 2.54 bits per heavy atom. The van der Waals surface area contributed by atoms with E-state index < -0.39 is 0 Å². The first-order valence-electron chi connectivity index (χ1n) is 8.65. The molecule has 1 aromatic rings. The average molecular weight is 394 g/mol. The standard InChI is InChI=1S/C20H28BrNO2/c1-5-12-24-18-11-6-14(13-17(18)21)19(23)22-16-9-7-15(8-10-16)20(2,3)4/h5-6,11,13,15-16H,1,7-10,12H2,2-4H3,(H,22,23). The molecule has 0 saturated heterocycles. The van der Waals surface area contributed by atoms with Crippen molar-refractivity contribution in [1.29, 1.82) is 0 Å². The summed E-state index contributed by atoms with van der Waals surface area (Å²) in [6, 6.07) is 5.72. The molecular weight excluding hydrogens is 366 g/mol. The number of hydrogen-bond acceptors (Lipinski definition) is 2. The zero-order valence-electron chi connectivity index (χ0n) is 14.9. The Bertz CT molecular complexity index is 584. The molecule has 1 amide bonds. The Morgan fingerprint density at radius 2 is 2.00 bits per heavy atom. The molecule has 1 aromatic carbocycles. The van der Waals surface area contributed by atoms with Crippen LogP contribution in [0.4, 0.5) is 0 Å². The number of hydrogen-bond donors (Lipinski definition) is 1. The van der Waals surface area contributed by atoms with Crippen molar-refractivity contribution in [3.63, 3.8) is 0 Å². The zero-order chi connectivity index (χ0) is 17.7. The van der Waals surface area contributed by atoms with Gasteiger partial charge < -0.3 is 10.1 Å². The molecule has 0 atom stereocenters. The van der Waals surface area contributed by atoms with E-state index in [-0.39, 0.29) is 11.9 Å². The summed E-state index contributed by atoms with van der Waals surface area (Å²) >= 11 is 3.46. The fraction of sp³-hybridized carbons (Fsp3) is 0.550. The molecule has 1 N–H and O–H groups in total. The third kappa shape index (κ3) is 5.10. The summed E-state index contributed by atoms with van der Waals surface area (Å²) in [6.07, 6.45) is 6.20. The van der Waals surface area contributed by atoms with Gasteiger partial charge in [0.15, 0.2) is 0 Å². The van der Waals surface area contributed by atoms with Gasteiger partial charge in [-0.3, -0.25) is 4.79 Å². The fourth-order valence-electron chi connectivity index (χ4n) is 3.28. The quantitative estimate of drug-likeness (QED) is 0.684. The van der Waals surface area contributed by atoms with Crippen LogP contribution in [0.3, 0.4) is 0 Å². The molecule has 0 bridgehead atoms. The predicted octanol–water partition coefficient (Wildman–Crippen LogP) is 5.35. The van der Waals surface area contributed by atoms with Gasteiger partial charge in [-0.2, -0.15) is 0 Å². The Hall–Kier alpha value is -1.29. The van der Waals surface area contributed by atoms with Crippen molar-refractivity contribution in [1.82, 2.24) is 5.32 Å². The van der Waals surface area contributed by atoms with E-state index in [2.05, 4.69) is 48.6 Å². The van der Waals surface area contributed by atoms with Crippen molar-refractivity contribution in [3.05, 3.63) is 40.9 Å². The first-order chi connectivity index (χ1) is 11.3. The zero-order valence-corrected chi connectivity index (χ0v) is 16.5. The lowest BCUT2D eigenvalue weighted by Gasteiger charge is -2.37. The number of carbonyl (C=O) groups is 1. The number of carbonyl (C=O) groups excluding carboxylic acids is 1. The average Bonchev–Trinajstić information content (AvgIpc) is 2.53. The molecule has 1 saturated carbocycles. The van der Waals surface area contributed by atoms with Crippen molar-refractivity contribution in [2.45, 2.75) is 52.5 Å². The van der Waals surface area contributed by atoms with Crippen LogP contribution >= 0.6 is 15.9 Å². The molecular formula is C20H28BrNO2. The Morgan fingerprint density at radius 1 is 1.33 bits per heavy atom.